The monoisotopic (exact) mass is 211 g/mol. The van der Waals surface area contributed by atoms with Gasteiger partial charge < -0.3 is 15.0 Å². The molecule has 0 unspecified atom stereocenters. The Labute approximate surface area is 89.2 Å². The Bertz CT molecular complexity index is 339. The molecule has 0 aliphatic carbocycles. The third-order valence-corrected chi connectivity index (χ3v) is 1.77. The van der Waals surface area contributed by atoms with Crippen LogP contribution in [0.25, 0.3) is 0 Å². The van der Waals surface area contributed by atoms with Crippen LogP contribution in [0, 0.1) is 0 Å². The van der Waals surface area contributed by atoms with Crippen molar-refractivity contribution in [3.05, 3.63) is 18.2 Å². The fraction of sp³-hybridized carbons (Fsp3) is 0.600. The summed E-state index contributed by atoms with van der Waals surface area (Å²) in [5.74, 6) is -0.362. The summed E-state index contributed by atoms with van der Waals surface area (Å²) in [7, 11) is 0. The zero-order valence-corrected chi connectivity index (χ0v) is 9.36. The first-order valence-electron chi connectivity index (χ1n) is 4.90. The largest absolute Gasteiger partial charge is 0.461 e. The van der Waals surface area contributed by atoms with Crippen LogP contribution in [0.2, 0.25) is 0 Å². The van der Waals surface area contributed by atoms with E-state index in [1.807, 2.05) is 13.8 Å². The summed E-state index contributed by atoms with van der Waals surface area (Å²) in [6.07, 6.45) is 3.07. The molecule has 0 spiro atoms. The molecule has 84 valence electrons. The van der Waals surface area contributed by atoms with Gasteiger partial charge in [-0.05, 0) is 20.8 Å². The molecule has 0 fully saturated rings. The minimum absolute atomic E-state index is 0.357. The summed E-state index contributed by atoms with van der Waals surface area (Å²) in [6.45, 7) is 6.44. The lowest BCUT2D eigenvalue weighted by Gasteiger charge is -2.20. The van der Waals surface area contributed by atoms with Crippen molar-refractivity contribution in [2.24, 2.45) is 5.73 Å². The Morgan fingerprint density at radius 1 is 1.67 bits per heavy atom. The fourth-order valence-electron chi connectivity index (χ4n) is 1.26. The van der Waals surface area contributed by atoms with Crippen LogP contribution in [0.3, 0.4) is 0 Å². The molecule has 15 heavy (non-hydrogen) atoms. The molecular formula is C10H17N3O2. The Kier molecular flexibility index (Phi) is 3.47. The minimum Gasteiger partial charge on any atom is -0.461 e. The lowest BCUT2D eigenvalue weighted by Crippen LogP contribution is -2.37. The number of hydrogen-bond acceptors (Lipinski definition) is 4. The summed E-state index contributed by atoms with van der Waals surface area (Å²) in [4.78, 5) is 15.4. The number of nitrogens with zero attached hydrogens (tertiary/aromatic N) is 2. The van der Waals surface area contributed by atoms with E-state index >= 15 is 0 Å². The Morgan fingerprint density at radius 2 is 2.33 bits per heavy atom. The average Bonchev–Trinajstić information content (AvgIpc) is 2.49. The molecule has 0 aliphatic rings. The molecule has 0 amide bonds. The van der Waals surface area contributed by atoms with Crippen molar-refractivity contribution in [2.75, 3.05) is 6.61 Å². The van der Waals surface area contributed by atoms with E-state index < -0.39 is 0 Å². The molecular weight excluding hydrogens is 194 g/mol. The van der Waals surface area contributed by atoms with Crippen LogP contribution in [0.1, 0.15) is 31.3 Å². The second-order valence-electron chi connectivity index (χ2n) is 4.12. The van der Waals surface area contributed by atoms with Crippen LogP contribution in [0.5, 0.6) is 0 Å². The van der Waals surface area contributed by atoms with Crippen molar-refractivity contribution < 1.29 is 9.53 Å². The van der Waals surface area contributed by atoms with Gasteiger partial charge in [0, 0.05) is 12.1 Å². The van der Waals surface area contributed by atoms with Gasteiger partial charge >= 0.3 is 5.97 Å². The highest BCUT2D eigenvalue weighted by Crippen LogP contribution is 2.07. The van der Waals surface area contributed by atoms with Gasteiger partial charge in [-0.15, -0.1) is 0 Å². The summed E-state index contributed by atoms with van der Waals surface area (Å²) in [6, 6.07) is 0. The first-order chi connectivity index (χ1) is 6.94. The summed E-state index contributed by atoms with van der Waals surface area (Å²) in [5.41, 5.74) is 5.92. The van der Waals surface area contributed by atoms with Gasteiger partial charge in [-0.1, -0.05) is 0 Å². The van der Waals surface area contributed by atoms with E-state index in [9.17, 15) is 4.79 Å². The predicted octanol–water partition coefficient (Wildman–Crippen LogP) is 0.797. The standard InChI is InChI=1S/C10H17N3O2/c1-4-15-9(14)8-5-12-7-13(8)6-10(2,3)11/h5,7H,4,6,11H2,1-3H3. The topological polar surface area (TPSA) is 70.1 Å². The highest BCUT2D eigenvalue weighted by atomic mass is 16.5. The minimum atomic E-state index is -0.387. The molecule has 0 aromatic carbocycles. The van der Waals surface area contributed by atoms with Crippen LogP contribution in [-0.4, -0.2) is 27.7 Å². The lowest BCUT2D eigenvalue weighted by molar-refractivity contribution is 0.0512. The van der Waals surface area contributed by atoms with E-state index in [0.717, 1.165) is 0 Å². The summed E-state index contributed by atoms with van der Waals surface area (Å²) in [5, 5.41) is 0. The second kappa shape index (κ2) is 4.44. The van der Waals surface area contributed by atoms with Crippen molar-refractivity contribution in [1.82, 2.24) is 9.55 Å². The van der Waals surface area contributed by atoms with E-state index in [1.165, 1.54) is 6.20 Å². The zero-order chi connectivity index (χ0) is 11.5. The van der Waals surface area contributed by atoms with Crippen LogP contribution in [0.4, 0.5) is 0 Å². The second-order valence-corrected chi connectivity index (χ2v) is 4.12. The first-order valence-corrected chi connectivity index (χ1v) is 4.90. The number of carbonyl (C=O) groups is 1. The number of carbonyl (C=O) groups excluding carboxylic acids is 1. The molecule has 0 aliphatic heterocycles. The SMILES string of the molecule is CCOC(=O)c1cncn1CC(C)(C)N. The molecule has 0 saturated carbocycles. The molecule has 0 radical (unpaired) electrons. The summed E-state index contributed by atoms with van der Waals surface area (Å²) >= 11 is 0. The smallest absolute Gasteiger partial charge is 0.356 e. The van der Waals surface area contributed by atoms with E-state index in [-0.39, 0.29) is 11.5 Å². The van der Waals surface area contributed by atoms with Crippen molar-refractivity contribution in [3.63, 3.8) is 0 Å². The Hall–Kier alpha value is -1.36. The lowest BCUT2D eigenvalue weighted by atomic mass is 10.1. The molecule has 1 heterocycles. The number of esters is 1. The van der Waals surface area contributed by atoms with Gasteiger partial charge in [-0.2, -0.15) is 0 Å². The third kappa shape index (κ3) is 3.36. The maximum absolute atomic E-state index is 11.5. The van der Waals surface area contributed by atoms with Crippen molar-refractivity contribution in [1.29, 1.82) is 0 Å². The van der Waals surface area contributed by atoms with Crippen molar-refractivity contribution in [2.45, 2.75) is 32.9 Å². The predicted molar refractivity (Wildman–Crippen MR) is 56.4 cm³/mol. The molecule has 0 atom stereocenters. The number of nitrogens with two attached hydrogens (primary N) is 1. The van der Waals surface area contributed by atoms with Gasteiger partial charge in [0.15, 0.2) is 0 Å². The summed E-state index contributed by atoms with van der Waals surface area (Å²) < 4.78 is 6.61. The van der Waals surface area contributed by atoms with Gasteiger partial charge in [-0.3, -0.25) is 0 Å². The molecule has 1 rings (SSSR count). The number of ether oxygens (including phenoxy) is 1. The molecule has 1 aromatic heterocycles. The van der Waals surface area contributed by atoms with Gasteiger partial charge in [0.05, 0.1) is 19.1 Å². The average molecular weight is 211 g/mol. The van der Waals surface area contributed by atoms with Gasteiger partial charge in [0.25, 0.3) is 0 Å². The van der Waals surface area contributed by atoms with Gasteiger partial charge in [0.1, 0.15) is 5.69 Å². The molecule has 5 heteroatoms. The normalized spacial score (nSPS) is 11.5. The molecule has 5 nitrogen and oxygen atoms in total. The maximum Gasteiger partial charge on any atom is 0.356 e. The number of hydrogen-bond donors (Lipinski definition) is 1. The Balaban J connectivity index is 2.82. The highest BCUT2D eigenvalue weighted by molar-refractivity contribution is 5.87. The highest BCUT2D eigenvalue weighted by Gasteiger charge is 2.18. The van der Waals surface area contributed by atoms with Crippen LogP contribution < -0.4 is 5.73 Å². The van der Waals surface area contributed by atoms with Gasteiger partial charge in [-0.25, -0.2) is 9.78 Å². The first kappa shape index (κ1) is 11.7. The molecule has 0 saturated heterocycles. The van der Waals surface area contributed by atoms with Crippen LogP contribution in [-0.2, 0) is 11.3 Å². The fourth-order valence-corrected chi connectivity index (χ4v) is 1.26. The number of imidazole rings is 1. The quantitative estimate of drug-likeness (QED) is 0.748. The van der Waals surface area contributed by atoms with Crippen molar-refractivity contribution >= 4 is 5.97 Å². The third-order valence-electron chi connectivity index (χ3n) is 1.77. The van der Waals surface area contributed by atoms with Crippen LogP contribution in [0.15, 0.2) is 12.5 Å². The molecule has 2 N–H and O–H groups in total. The van der Waals surface area contributed by atoms with E-state index in [0.29, 0.717) is 18.8 Å². The Morgan fingerprint density at radius 3 is 2.87 bits per heavy atom. The maximum atomic E-state index is 11.5. The van der Waals surface area contributed by atoms with Crippen molar-refractivity contribution in [3.8, 4) is 0 Å². The molecule has 0 bridgehead atoms. The van der Waals surface area contributed by atoms with E-state index in [4.69, 9.17) is 10.5 Å². The zero-order valence-electron chi connectivity index (χ0n) is 9.36. The number of aromatic nitrogens is 2. The van der Waals surface area contributed by atoms with Crippen LogP contribution >= 0.6 is 0 Å². The number of rotatable bonds is 4. The molecule has 1 aromatic rings. The van der Waals surface area contributed by atoms with Gasteiger partial charge in [0.2, 0.25) is 0 Å². The van der Waals surface area contributed by atoms with E-state index in [2.05, 4.69) is 4.98 Å². The van der Waals surface area contributed by atoms with E-state index in [1.54, 1.807) is 17.8 Å².